The maximum Gasteiger partial charge on any atom is 0.257 e. The normalized spacial score (nSPS) is 14.8. The number of anilines is 3. The van der Waals surface area contributed by atoms with Gasteiger partial charge < -0.3 is 20.4 Å². The molecule has 0 radical (unpaired) electrons. The molecule has 4 rings (SSSR count). The first kappa shape index (κ1) is 26.6. The highest BCUT2D eigenvalue weighted by Gasteiger charge is 2.30. The van der Waals surface area contributed by atoms with Crippen LogP contribution in [0.4, 0.5) is 17.1 Å². The second-order valence-corrected chi connectivity index (χ2v) is 7.96. The molecule has 0 unspecified atom stereocenters. The van der Waals surface area contributed by atoms with Crippen LogP contribution in [0.3, 0.4) is 0 Å². The number of benzene rings is 2. The lowest BCUT2D eigenvalue weighted by Crippen LogP contribution is -2.46. The van der Waals surface area contributed by atoms with E-state index in [1.165, 1.54) is 4.90 Å². The number of carbonyl (C=O) groups is 3. The van der Waals surface area contributed by atoms with Gasteiger partial charge in [-0.05, 0) is 37.4 Å². The number of ether oxygens (including phenoxy) is 1. The van der Waals surface area contributed by atoms with Gasteiger partial charge >= 0.3 is 0 Å². The number of carbonyl (C=O) groups excluding carboxylic acids is 3. The van der Waals surface area contributed by atoms with Crippen molar-refractivity contribution in [3.63, 3.8) is 0 Å². The Kier molecular flexibility index (Phi) is 9.21. The average molecular weight is 497 g/mol. The lowest BCUT2D eigenvalue weighted by molar-refractivity contribution is -0.136. The van der Waals surface area contributed by atoms with Crippen molar-refractivity contribution < 1.29 is 24.6 Å². The molecule has 2 aliphatic rings. The van der Waals surface area contributed by atoms with E-state index in [2.05, 4.69) is 5.32 Å². The van der Waals surface area contributed by atoms with Crippen LogP contribution in [-0.2, 0) is 14.3 Å². The molecule has 9 nitrogen and oxygen atoms in total. The molecule has 0 spiro atoms. The average Bonchev–Trinajstić information content (AvgIpc) is 2.88. The molecule has 1 fully saturated rings. The number of amides is 3. The molecule has 0 atom stereocenters. The number of nitrogens with zero attached hydrogens (tertiary/aromatic N) is 3. The minimum absolute atomic E-state index is 0. The fraction of sp³-hybridized carbons (Fsp3) is 0.318. The van der Waals surface area contributed by atoms with Crippen LogP contribution >= 0.6 is 24.0 Å². The van der Waals surface area contributed by atoms with Crippen molar-refractivity contribution in [1.82, 2.24) is 9.80 Å². The molecular weight excluding hydrogens is 471 g/mol. The fourth-order valence-electron chi connectivity index (χ4n) is 3.75. The van der Waals surface area contributed by atoms with E-state index in [0.717, 1.165) is 0 Å². The van der Waals surface area contributed by atoms with Gasteiger partial charge in [-0.3, -0.25) is 24.2 Å². The topological polar surface area (TPSA) is 114 Å². The molecule has 0 bridgehead atoms. The fourth-order valence-corrected chi connectivity index (χ4v) is 3.93. The Morgan fingerprint density at radius 2 is 1.73 bits per heavy atom. The Balaban J connectivity index is 0.00000193. The minimum Gasteiger partial charge on any atom is -0.412 e. The number of nitrogens with one attached hydrogen (secondary N) is 1. The lowest BCUT2D eigenvalue weighted by atomic mass is 10.1. The number of hydrogen-bond acceptors (Lipinski definition) is 5. The number of fused-ring (bicyclic) bond motifs is 2. The quantitative estimate of drug-likeness (QED) is 0.694. The first-order valence-corrected chi connectivity index (χ1v) is 10.4. The second kappa shape index (κ2) is 11.4. The van der Waals surface area contributed by atoms with Gasteiger partial charge in [-0.15, -0.1) is 12.4 Å². The number of rotatable bonds is 4. The van der Waals surface area contributed by atoms with Crippen molar-refractivity contribution in [2.45, 2.75) is 0 Å². The summed E-state index contributed by atoms with van der Waals surface area (Å²) < 4.78 is 5.28. The van der Waals surface area contributed by atoms with E-state index in [1.54, 1.807) is 59.3 Å². The predicted molar refractivity (Wildman–Crippen MR) is 129 cm³/mol. The predicted octanol–water partition coefficient (Wildman–Crippen LogP) is 1.96. The van der Waals surface area contributed by atoms with Crippen molar-refractivity contribution in [3.05, 3.63) is 53.1 Å². The number of halogens is 2. The van der Waals surface area contributed by atoms with E-state index < -0.39 is 0 Å². The maximum absolute atomic E-state index is 13.4. The first-order chi connectivity index (χ1) is 14.9. The van der Waals surface area contributed by atoms with Gasteiger partial charge in [0, 0.05) is 18.1 Å². The largest absolute Gasteiger partial charge is 0.412 e. The standard InChI is InChI=1S/C22H23ClN4O4.ClH.H2O/c1-25(13-20(28)26-8-10-31-11-9-26)14-21(29)27-18-5-3-2-4-16(18)22(30)24-17-12-15(23)6-7-19(17)27;;/h2-7,12H,8-11,13-14H2,1H3,(H,24,30);1H;1H2. The maximum atomic E-state index is 13.4. The summed E-state index contributed by atoms with van der Waals surface area (Å²) >= 11 is 6.12. The molecule has 33 heavy (non-hydrogen) atoms. The molecule has 0 aromatic heterocycles. The van der Waals surface area contributed by atoms with Crippen molar-refractivity contribution in [2.24, 2.45) is 0 Å². The van der Waals surface area contributed by atoms with Crippen molar-refractivity contribution in [2.75, 3.05) is 56.7 Å². The van der Waals surface area contributed by atoms with Gasteiger partial charge in [0.2, 0.25) is 11.8 Å². The highest BCUT2D eigenvalue weighted by molar-refractivity contribution is 6.31. The minimum atomic E-state index is -0.315. The molecule has 1 saturated heterocycles. The van der Waals surface area contributed by atoms with Gasteiger partial charge in [-0.1, -0.05) is 23.7 Å². The van der Waals surface area contributed by atoms with Gasteiger partial charge in [-0.25, -0.2) is 0 Å². The third-order valence-corrected chi connectivity index (χ3v) is 5.50. The van der Waals surface area contributed by atoms with Crippen LogP contribution < -0.4 is 10.2 Å². The third kappa shape index (κ3) is 5.82. The van der Waals surface area contributed by atoms with Gasteiger partial charge in [0.1, 0.15) is 0 Å². The number of morpholine rings is 1. The Morgan fingerprint density at radius 3 is 2.45 bits per heavy atom. The molecule has 2 aromatic rings. The van der Waals surface area contributed by atoms with E-state index in [0.29, 0.717) is 54.0 Å². The van der Waals surface area contributed by atoms with Crippen LogP contribution in [0.2, 0.25) is 5.02 Å². The zero-order valence-electron chi connectivity index (χ0n) is 18.0. The van der Waals surface area contributed by atoms with E-state index in [-0.39, 0.29) is 48.7 Å². The van der Waals surface area contributed by atoms with Gasteiger partial charge in [0.05, 0.1) is 48.9 Å². The SMILES string of the molecule is CN(CC(=O)N1CCOCC1)CC(=O)N1c2ccc(Cl)cc2NC(=O)c2ccccc21.Cl.O. The lowest BCUT2D eigenvalue weighted by Gasteiger charge is -2.30. The van der Waals surface area contributed by atoms with E-state index in [1.807, 2.05) is 0 Å². The summed E-state index contributed by atoms with van der Waals surface area (Å²) in [4.78, 5) is 43.6. The summed E-state index contributed by atoms with van der Waals surface area (Å²) in [5, 5.41) is 3.28. The molecule has 2 aliphatic heterocycles. The summed E-state index contributed by atoms with van der Waals surface area (Å²) in [5.41, 5.74) is 1.85. The van der Waals surface area contributed by atoms with E-state index in [4.69, 9.17) is 16.3 Å². The van der Waals surface area contributed by atoms with Crippen LogP contribution in [0.1, 0.15) is 10.4 Å². The van der Waals surface area contributed by atoms with Crippen LogP contribution in [-0.4, -0.2) is 79.4 Å². The van der Waals surface area contributed by atoms with Crippen LogP contribution in [0.25, 0.3) is 0 Å². The first-order valence-electron chi connectivity index (χ1n) is 10.0. The van der Waals surface area contributed by atoms with E-state index >= 15 is 0 Å². The van der Waals surface area contributed by atoms with Crippen LogP contribution in [0.5, 0.6) is 0 Å². The highest BCUT2D eigenvalue weighted by Crippen LogP contribution is 2.39. The summed E-state index contributed by atoms with van der Waals surface area (Å²) in [6.07, 6.45) is 0. The molecule has 178 valence electrons. The Hall–Kier alpha value is -2.69. The summed E-state index contributed by atoms with van der Waals surface area (Å²) in [6.45, 7) is 2.29. The molecule has 0 aliphatic carbocycles. The zero-order chi connectivity index (χ0) is 22.0. The Morgan fingerprint density at radius 1 is 1.06 bits per heavy atom. The Labute approximate surface area is 202 Å². The van der Waals surface area contributed by atoms with Gasteiger partial charge in [0.25, 0.3) is 5.91 Å². The number of hydrogen-bond donors (Lipinski definition) is 1. The molecule has 0 saturated carbocycles. The zero-order valence-corrected chi connectivity index (χ0v) is 19.6. The van der Waals surface area contributed by atoms with Crippen molar-refractivity contribution in [3.8, 4) is 0 Å². The van der Waals surface area contributed by atoms with E-state index in [9.17, 15) is 14.4 Å². The second-order valence-electron chi connectivity index (χ2n) is 7.53. The molecule has 2 aromatic carbocycles. The number of para-hydroxylation sites is 1. The molecule has 3 amide bonds. The van der Waals surface area contributed by atoms with Gasteiger partial charge in [0.15, 0.2) is 0 Å². The molecule has 2 heterocycles. The summed E-state index contributed by atoms with van der Waals surface area (Å²) in [7, 11) is 1.73. The number of likely N-dealkylation sites (N-methyl/N-ethyl adjacent to an activating group) is 1. The smallest absolute Gasteiger partial charge is 0.257 e. The molecule has 3 N–H and O–H groups in total. The van der Waals surface area contributed by atoms with Crippen molar-refractivity contribution in [1.29, 1.82) is 0 Å². The molecular formula is C22H26Cl2N4O5. The Bertz CT molecular complexity index is 1030. The summed E-state index contributed by atoms with van der Waals surface area (Å²) in [6, 6.07) is 11.9. The third-order valence-electron chi connectivity index (χ3n) is 5.26. The molecule has 11 heteroatoms. The summed E-state index contributed by atoms with van der Waals surface area (Å²) in [5.74, 6) is -0.617. The van der Waals surface area contributed by atoms with Crippen LogP contribution in [0, 0.1) is 0 Å². The van der Waals surface area contributed by atoms with Crippen LogP contribution in [0.15, 0.2) is 42.5 Å². The highest BCUT2D eigenvalue weighted by atomic mass is 35.5. The van der Waals surface area contributed by atoms with Gasteiger partial charge in [-0.2, -0.15) is 0 Å². The monoisotopic (exact) mass is 496 g/mol. The van der Waals surface area contributed by atoms with Crippen molar-refractivity contribution >= 4 is 58.8 Å².